The zero-order chi connectivity index (χ0) is 18.4. The van der Waals surface area contributed by atoms with Gasteiger partial charge in [0.15, 0.2) is 11.5 Å². The third kappa shape index (κ3) is 2.77. The molecular formula is C19H22N8. The number of fused-ring (bicyclic) bond motifs is 2. The summed E-state index contributed by atoms with van der Waals surface area (Å²) in [7, 11) is 3.98. The molecule has 0 saturated carbocycles. The number of hydrogen-bond donors (Lipinski definition) is 1. The van der Waals surface area contributed by atoms with Gasteiger partial charge in [0, 0.05) is 33.1 Å². The van der Waals surface area contributed by atoms with Gasteiger partial charge >= 0.3 is 0 Å². The lowest BCUT2D eigenvalue weighted by Crippen LogP contribution is -2.34. The molecule has 5 rings (SSSR count). The molecule has 0 spiro atoms. The molecule has 8 heteroatoms. The zero-order valence-electron chi connectivity index (χ0n) is 15.5. The molecule has 0 radical (unpaired) electrons. The fourth-order valence-corrected chi connectivity index (χ4v) is 3.73. The first kappa shape index (κ1) is 16.0. The molecule has 1 aliphatic heterocycles. The van der Waals surface area contributed by atoms with Crippen LogP contribution in [0.4, 0.5) is 11.8 Å². The Labute approximate surface area is 156 Å². The highest BCUT2D eigenvalue weighted by Crippen LogP contribution is 2.29. The van der Waals surface area contributed by atoms with Crippen molar-refractivity contribution in [1.29, 1.82) is 0 Å². The van der Waals surface area contributed by atoms with E-state index in [2.05, 4.69) is 26.1 Å². The summed E-state index contributed by atoms with van der Waals surface area (Å²) in [6.07, 6.45) is 2.01. The van der Waals surface area contributed by atoms with Gasteiger partial charge in [-0.25, -0.2) is 4.98 Å². The fourth-order valence-electron chi connectivity index (χ4n) is 3.73. The maximum absolute atomic E-state index is 4.72. The third-order valence-electron chi connectivity index (χ3n) is 5.27. The number of hydrogen-bond acceptors (Lipinski definition) is 6. The van der Waals surface area contributed by atoms with Crippen LogP contribution in [-0.4, -0.2) is 57.0 Å². The molecule has 8 nitrogen and oxygen atoms in total. The monoisotopic (exact) mass is 362 g/mol. The van der Waals surface area contributed by atoms with Crippen LogP contribution in [0.1, 0.15) is 24.6 Å². The Hall–Kier alpha value is -3.16. The van der Waals surface area contributed by atoms with Crippen LogP contribution in [0.25, 0.3) is 16.7 Å². The van der Waals surface area contributed by atoms with Crippen LogP contribution in [0.15, 0.2) is 36.4 Å². The maximum atomic E-state index is 4.72. The molecule has 4 aromatic rings. The Morgan fingerprint density at radius 2 is 1.85 bits per heavy atom. The topological polar surface area (TPSA) is 78.2 Å². The smallest absolute Gasteiger partial charge is 0.203 e. The first-order valence-corrected chi connectivity index (χ1v) is 9.28. The van der Waals surface area contributed by atoms with Crippen molar-refractivity contribution in [2.75, 3.05) is 37.0 Å². The van der Waals surface area contributed by atoms with Crippen LogP contribution in [0.3, 0.4) is 0 Å². The molecule has 0 atom stereocenters. The second-order valence-corrected chi connectivity index (χ2v) is 7.25. The van der Waals surface area contributed by atoms with E-state index in [1.165, 1.54) is 0 Å². The van der Waals surface area contributed by atoms with Crippen molar-refractivity contribution in [2.24, 2.45) is 0 Å². The van der Waals surface area contributed by atoms with Gasteiger partial charge in [0.25, 0.3) is 0 Å². The number of nitrogens with one attached hydrogen (secondary N) is 1. The second-order valence-electron chi connectivity index (χ2n) is 7.25. The van der Waals surface area contributed by atoms with Gasteiger partial charge in [-0.1, -0.05) is 12.1 Å². The highest BCUT2D eigenvalue weighted by Gasteiger charge is 2.26. The molecule has 138 valence electrons. The van der Waals surface area contributed by atoms with Crippen LogP contribution in [0.5, 0.6) is 0 Å². The van der Waals surface area contributed by atoms with Gasteiger partial charge in [-0.3, -0.25) is 0 Å². The summed E-state index contributed by atoms with van der Waals surface area (Å²) >= 11 is 0. The summed E-state index contributed by atoms with van der Waals surface area (Å²) in [6, 6.07) is 12.1. The molecule has 1 aromatic carbocycles. The molecule has 27 heavy (non-hydrogen) atoms. The number of anilines is 2. The Morgan fingerprint density at radius 1 is 1.04 bits per heavy atom. The maximum Gasteiger partial charge on any atom is 0.203 e. The minimum atomic E-state index is 0.352. The van der Waals surface area contributed by atoms with E-state index in [0.29, 0.717) is 5.92 Å². The average molecular weight is 362 g/mol. The van der Waals surface area contributed by atoms with Gasteiger partial charge in [0.2, 0.25) is 5.95 Å². The first-order chi connectivity index (χ1) is 13.2. The number of piperidine rings is 1. The van der Waals surface area contributed by atoms with Gasteiger partial charge in [-0.15, -0.1) is 15.3 Å². The van der Waals surface area contributed by atoms with Gasteiger partial charge in [0.05, 0.1) is 11.0 Å². The highest BCUT2D eigenvalue weighted by molar-refractivity contribution is 5.77. The van der Waals surface area contributed by atoms with Crippen molar-refractivity contribution in [1.82, 2.24) is 29.8 Å². The van der Waals surface area contributed by atoms with E-state index in [0.717, 1.165) is 60.2 Å². The van der Waals surface area contributed by atoms with Crippen LogP contribution in [0.2, 0.25) is 0 Å². The van der Waals surface area contributed by atoms with E-state index in [1.807, 2.05) is 53.8 Å². The molecular weight excluding hydrogens is 340 g/mol. The summed E-state index contributed by atoms with van der Waals surface area (Å²) in [4.78, 5) is 12.5. The predicted octanol–water partition coefficient (Wildman–Crippen LogP) is 2.45. The molecule has 1 aliphatic rings. The highest BCUT2D eigenvalue weighted by atomic mass is 15.4. The molecule has 0 bridgehead atoms. The molecule has 3 aromatic heterocycles. The minimum Gasteiger partial charge on any atom is -0.361 e. The number of rotatable bonds is 3. The van der Waals surface area contributed by atoms with Crippen molar-refractivity contribution in [3.05, 3.63) is 42.2 Å². The van der Waals surface area contributed by atoms with Gasteiger partial charge in [-0.2, -0.15) is 4.52 Å². The minimum absolute atomic E-state index is 0.352. The molecule has 0 aliphatic carbocycles. The Bertz CT molecular complexity index is 1050. The molecule has 0 amide bonds. The van der Waals surface area contributed by atoms with Crippen molar-refractivity contribution in [3.8, 4) is 0 Å². The normalized spacial score (nSPS) is 15.7. The van der Waals surface area contributed by atoms with Crippen LogP contribution >= 0.6 is 0 Å². The standard InChI is InChI=1S/C19H22N8/c1-25(2)17-8-7-16-22-23-18(27(16)24-17)13-9-11-26(12-10-13)19-20-14-5-3-4-6-15(14)21-19/h3-8,13H,9-12H2,1-2H3,(H,20,21). The second kappa shape index (κ2) is 6.22. The number of aromatic nitrogens is 6. The molecule has 1 N–H and O–H groups in total. The number of imidazole rings is 1. The summed E-state index contributed by atoms with van der Waals surface area (Å²) in [6.45, 7) is 1.87. The van der Waals surface area contributed by atoms with Gasteiger partial charge in [0.1, 0.15) is 5.82 Å². The largest absolute Gasteiger partial charge is 0.361 e. The van der Waals surface area contributed by atoms with Crippen molar-refractivity contribution in [3.63, 3.8) is 0 Å². The van der Waals surface area contributed by atoms with Crippen LogP contribution in [-0.2, 0) is 0 Å². The summed E-state index contributed by atoms with van der Waals surface area (Å²) < 4.78 is 1.90. The number of H-pyrrole nitrogens is 1. The summed E-state index contributed by atoms with van der Waals surface area (Å²) in [5.74, 6) is 3.17. The average Bonchev–Trinajstić information content (AvgIpc) is 3.31. The summed E-state index contributed by atoms with van der Waals surface area (Å²) in [5, 5.41) is 13.4. The van der Waals surface area contributed by atoms with Crippen LogP contribution in [0, 0.1) is 0 Å². The number of nitrogens with zero attached hydrogens (tertiary/aromatic N) is 7. The van der Waals surface area contributed by atoms with Gasteiger partial charge in [-0.05, 0) is 37.1 Å². The Kier molecular flexibility index (Phi) is 3.70. The van der Waals surface area contributed by atoms with Crippen molar-refractivity contribution >= 4 is 28.4 Å². The Balaban J connectivity index is 1.37. The number of aromatic amines is 1. The van der Waals surface area contributed by atoms with Gasteiger partial charge < -0.3 is 14.8 Å². The zero-order valence-corrected chi connectivity index (χ0v) is 15.5. The quantitative estimate of drug-likeness (QED) is 0.603. The Morgan fingerprint density at radius 3 is 2.63 bits per heavy atom. The van der Waals surface area contributed by atoms with Crippen molar-refractivity contribution in [2.45, 2.75) is 18.8 Å². The summed E-state index contributed by atoms with van der Waals surface area (Å²) in [5.41, 5.74) is 2.90. The lowest BCUT2D eigenvalue weighted by atomic mass is 9.96. The first-order valence-electron chi connectivity index (χ1n) is 9.28. The molecule has 1 saturated heterocycles. The van der Waals surface area contributed by atoms with E-state index in [4.69, 9.17) is 10.1 Å². The molecule has 0 unspecified atom stereocenters. The van der Waals surface area contributed by atoms with E-state index in [9.17, 15) is 0 Å². The predicted molar refractivity (Wildman–Crippen MR) is 105 cm³/mol. The van der Waals surface area contributed by atoms with E-state index in [-0.39, 0.29) is 0 Å². The SMILES string of the molecule is CN(C)c1ccc2nnc(C3CCN(c4nc5ccccc5[nH]4)CC3)n2n1. The van der Waals surface area contributed by atoms with Crippen molar-refractivity contribution < 1.29 is 0 Å². The molecule has 1 fully saturated rings. The number of benzene rings is 1. The lowest BCUT2D eigenvalue weighted by Gasteiger charge is -2.30. The third-order valence-corrected chi connectivity index (χ3v) is 5.27. The van der Waals surface area contributed by atoms with Crippen LogP contribution < -0.4 is 9.80 Å². The fraction of sp³-hybridized carbons (Fsp3) is 0.368. The molecule has 4 heterocycles. The van der Waals surface area contributed by atoms with E-state index in [1.54, 1.807) is 0 Å². The lowest BCUT2D eigenvalue weighted by molar-refractivity contribution is 0.473. The van der Waals surface area contributed by atoms with E-state index >= 15 is 0 Å². The number of para-hydroxylation sites is 2. The van der Waals surface area contributed by atoms with E-state index < -0.39 is 0 Å².